The highest BCUT2D eigenvalue weighted by Gasteiger charge is 2.07. The fourth-order valence-electron chi connectivity index (χ4n) is 1.91. The Bertz CT molecular complexity index is 516. The van der Waals surface area contributed by atoms with Crippen molar-refractivity contribution >= 4 is 10.9 Å². The Hall–Kier alpha value is -1.49. The van der Waals surface area contributed by atoms with Gasteiger partial charge in [0.05, 0.1) is 18.7 Å². The van der Waals surface area contributed by atoms with Crippen LogP contribution in [0.5, 0.6) is 0 Å². The molecular formula is C15H20N2O2. The van der Waals surface area contributed by atoms with Gasteiger partial charge in [-0.15, -0.1) is 0 Å². The quantitative estimate of drug-likeness (QED) is 0.776. The molecule has 0 aliphatic heterocycles. The average Bonchev–Trinajstić information content (AvgIpc) is 2.46. The Morgan fingerprint density at radius 3 is 2.89 bits per heavy atom. The summed E-state index contributed by atoms with van der Waals surface area (Å²) >= 11 is 0. The summed E-state index contributed by atoms with van der Waals surface area (Å²) in [6.45, 7) is 1.86. The molecule has 1 aromatic heterocycles. The van der Waals surface area contributed by atoms with E-state index in [0.717, 1.165) is 22.9 Å². The topological polar surface area (TPSA) is 57.4 Å². The number of hydrogen-bond donors (Lipinski definition) is 1. The van der Waals surface area contributed by atoms with Gasteiger partial charge in [-0.05, 0) is 24.1 Å². The molecule has 0 fully saturated rings. The van der Waals surface area contributed by atoms with E-state index in [-0.39, 0.29) is 6.04 Å². The van der Waals surface area contributed by atoms with Crippen molar-refractivity contribution in [3.63, 3.8) is 0 Å². The molecule has 0 radical (unpaired) electrons. The molecule has 0 saturated carbocycles. The average molecular weight is 260 g/mol. The summed E-state index contributed by atoms with van der Waals surface area (Å²) < 4.78 is 10.3. The third-order valence-electron chi connectivity index (χ3n) is 3.04. The summed E-state index contributed by atoms with van der Waals surface area (Å²) in [4.78, 5) is 4.42. The number of fused-ring (bicyclic) bond motifs is 1. The number of nitrogens with zero attached hydrogens (tertiary/aromatic N) is 1. The van der Waals surface area contributed by atoms with Crippen LogP contribution in [-0.2, 0) is 9.47 Å². The predicted molar refractivity (Wildman–Crippen MR) is 76.0 cm³/mol. The number of aromatic nitrogens is 1. The van der Waals surface area contributed by atoms with Crippen LogP contribution in [0.15, 0.2) is 36.5 Å². The van der Waals surface area contributed by atoms with Gasteiger partial charge in [0.15, 0.2) is 0 Å². The van der Waals surface area contributed by atoms with Gasteiger partial charge >= 0.3 is 0 Å². The molecule has 0 bridgehead atoms. The van der Waals surface area contributed by atoms with Gasteiger partial charge in [0.2, 0.25) is 0 Å². The number of pyridine rings is 1. The Morgan fingerprint density at radius 1 is 1.21 bits per heavy atom. The van der Waals surface area contributed by atoms with Crippen LogP contribution in [0.3, 0.4) is 0 Å². The molecule has 2 rings (SSSR count). The van der Waals surface area contributed by atoms with Crippen molar-refractivity contribution in [1.29, 1.82) is 0 Å². The Morgan fingerprint density at radius 2 is 2.05 bits per heavy atom. The van der Waals surface area contributed by atoms with Crippen LogP contribution < -0.4 is 5.73 Å². The monoisotopic (exact) mass is 260 g/mol. The van der Waals surface area contributed by atoms with Crippen molar-refractivity contribution in [2.45, 2.75) is 12.5 Å². The molecule has 19 heavy (non-hydrogen) atoms. The minimum absolute atomic E-state index is 0.0420. The Labute approximate surface area is 113 Å². The molecule has 0 aliphatic rings. The van der Waals surface area contributed by atoms with E-state index in [0.29, 0.717) is 19.8 Å². The van der Waals surface area contributed by atoms with Crippen molar-refractivity contribution in [3.05, 3.63) is 42.1 Å². The van der Waals surface area contributed by atoms with Gasteiger partial charge in [-0.25, -0.2) is 0 Å². The van der Waals surface area contributed by atoms with Gasteiger partial charge < -0.3 is 15.2 Å². The van der Waals surface area contributed by atoms with E-state index in [1.165, 1.54) is 0 Å². The molecule has 1 unspecified atom stereocenters. The zero-order valence-electron chi connectivity index (χ0n) is 11.2. The molecule has 0 aliphatic carbocycles. The van der Waals surface area contributed by atoms with Gasteiger partial charge in [-0.3, -0.25) is 4.98 Å². The van der Waals surface area contributed by atoms with E-state index >= 15 is 0 Å². The fourth-order valence-corrected chi connectivity index (χ4v) is 1.91. The summed E-state index contributed by atoms with van der Waals surface area (Å²) in [6, 6.07) is 10.1. The largest absolute Gasteiger partial charge is 0.382 e. The van der Waals surface area contributed by atoms with E-state index in [4.69, 9.17) is 15.2 Å². The number of rotatable bonds is 7. The Balaban J connectivity index is 1.91. The smallest absolute Gasteiger partial charge is 0.0702 e. The van der Waals surface area contributed by atoms with Gasteiger partial charge in [0.1, 0.15) is 0 Å². The highest BCUT2D eigenvalue weighted by Crippen LogP contribution is 2.18. The number of methoxy groups -OCH3 is 1. The molecule has 1 aromatic carbocycles. The number of para-hydroxylation sites is 1. The zero-order valence-corrected chi connectivity index (χ0v) is 11.2. The first-order valence-corrected chi connectivity index (χ1v) is 6.48. The van der Waals surface area contributed by atoms with Crippen LogP contribution in [-0.4, -0.2) is 31.9 Å². The SMILES string of the molecule is COCCOCCC(N)c1cnc2ccccc2c1. The first kappa shape index (κ1) is 13.9. The summed E-state index contributed by atoms with van der Waals surface area (Å²) in [7, 11) is 1.66. The van der Waals surface area contributed by atoms with Gasteiger partial charge in [-0.2, -0.15) is 0 Å². The second kappa shape index (κ2) is 7.19. The maximum Gasteiger partial charge on any atom is 0.0702 e. The molecule has 1 heterocycles. The van der Waals surface area contributed by atoms with Crippen molar-refractivity contribution in [2.24, 2.45) is 5.73 Å². The first-order chi connectivity index (χ1) is 9.31. The second-order valence-electron chi connectivity index (χ2n) is 4.46. The van der Waals surface area contributed by atoms with Crippen molar-refractivity contribution < 1.29 is 9.47 Å². The standard InChI is InChI=1S/C15H20N2O2/c1-18-8-9-19-7-6-14(16)13-10-12-4-2-3-5-15(12)17-11-13/h2-5,10-11,14H,6-9,16H2,1H3. The molecule has 2 N–H and O–H groups in total. The third kappa shape index (κ3) is 3.99. The molecule has 1 atom stereocenters. The van der Waals surface area contributed by atoms with Gasteiger partial charge in [0.25, 0.3) is 0 Å². The number of hydrogen-bond acceptors (Lipinski definition) is 4. The third-order valence-corrected chi connectivity index (χ3v) is 3.04. The van der Waals surface area contributed by atoms with Crippen molar-refractivity contribution in [3.8, 4) is 0 Å². The zero-order chi connectivity index (χ0) is 13.5. The van der Waals surface area contributed by atoms with Crippen molar-refractivity contribution in [2.75, 3.05) is 26.9 Å². The minimum Gasteiger partial charge on any atom is -0.382 e. The number of benzene rings is 1. The lowest BCUT2D eigenvalue weighted by molar-refractivity contribution is 0.0672. The maximum atomic E-state index is 6.15. The van der Waals surface area contributed by atoms with Crippen LogP contribution in [0, 0.1) is 0 Å². The summed E-state index contributed by atoms with van der Waals surface area (Å²) in [5, 5.41) is 1.12. The van der Waals surface area contributed by atoms with E-state index < -0.39 is 0 Å². The van der Waals surface area contributed by atoms with E-state index in [1.54, 1.807) is 7.11 Å². The van der Waals surface area contributed by atoms with Crippen LogP contribution >= 0.6 is 0 Å². The van der Waals surface area contributed by atoms with E-state index in [2.05, 4.69) is 11.1 Å². The summed E-state index contributed by atoms with van der Waals surface area (Å²) in [5.41, 5.74) is 8.19. The fraction of sp³-hybridized carbons (Fsp3) is 0.400. The Kier molecular flexibility index (Phi) is 5.27. The highest BCUT2D eigenvalue weighted by atomic mass is 16.5. The van der Waals surface area contributed by atoms with Crippen LogP contribution in [0.2, 0.25) is 0 Å². The predicted octanol–water partition coefficient (Wildman–Crippen LogP) is 2.29. The lowest BCUT2D eigenvalue weighted by Crippen LogP contribution is -2.14. The normalized spacial score (nSPS) is 12.7. The van der Waals surface area contributed by atoms with Crippen LogP contribution in [0.1, 0.15) is 18.0 Å². The molecule has 4 heteroatoms. The molecule has 4 nitrogen and oxygen atoms in total. The second-order valence-corrected chi connectivity index (χ2v) is 4.46. The molecular weight excluding hydrogens is 240 g/mol. The highest BCUT2D eigenvalue weighted by molar-refractivity contribution is 5.78. The van der Waals surface area contributed by atoms with Crippen LogP contribution in [0.25, 0.3) is 10.9 Å². The summed E-state index contributed by atoms with van der Waals surface area (Å²) in [6.07, 6.45) is 2.63. The summed E-state index contributed by atoms with van der Waals surface area (Å²) in [5.74, 6) is 0. The number of nitrogens with two attached hydrogens (primary N) is 1. The molecule has 2 aromatic rings. The molecule has 0 amide bonds. The van der Waals surface area contributed by atoms with Gasteiger partial charge in [0, 0.05) is 31.3 Å². The maximum absolute atomic E-state index is 6.15. The minimum atomic E-state index is -0.0420. The number of ether oxygens (including phenoxy) is 2. The molecule has 0 saturated heterocycles. The van der Waals surface area contributed by atoms with E-state index in [9.17, 15) is 0 Å². The van der Waals surface area contributed by atoms with Gasteiger partial charge in [-0.1, -0.05) is 18.2 Å². The van der Waals surface area contributed by atoms with E-state index in [1.807, 2.05) is 30.5 Å². The molecule has 102 valence electrons. The lowest BCUT2D eigenvalue weighted by Gasteiger charge is -2.12. The lowest BCUT2D eigenvalue weighted by atomic mass is 10.1. The first-order valence-electron chi connectivity index (χ1n) is 6.48. The molecule has 0 spiro atoms. The van der Waals surface area contributed by atoms with Crippen molar-refractivity contribution in [1.82, 2.24) is 4.98 Å². The van der Waals surface area contributed by atoms with Crippen LogP contribution in [0.4, 0.5) is 0 Å².